The molecule has 0 aromatic carbocycles. The lowest BCUT2D eigenvalue weighted by molar-refractivity contribution is -0.393. The maximum Gasteiger partial charge on any atom is 0.172 e. The number of hydroxylamine groups is 2. The average molecular weight is 383 g/mol. The SMILES string of the molecule is CCC1(CC)CC2(CC(C)(C)N1[O])OCC(C)(COC1CCCCC1)CO2. The molecule has 0 amide bonds. The minimum atomic E-state index is -0.638. The molecule has 1 aliphatic carbocycles. The lowest BCUT2D eigenvalue weighted by Crippen LogP contribution is -2.68. The molecule has 0 unspecified atom stereocenters. The molecule has 3 fully saturated rings. The van der Waals surface area contributed by atoms with Crippen LogP contribution in [0.4, 0.5) is 0 Å². The Balaban J connectivity index is 1.64. The summed E-state index contributed by atoms with van der Waals surface area (Å²) in [6.07, 6.45) is 9.58. The first-order valence-electron chi connectivity index (χ1n) is 11.1. The third-order valence-corrected chi connectivity index (χ3v) is 7.18. The molecule has 1 saturated carbocycles. The molecule has 3 aliphatic rings. The van der Waals surface area contributed by atoms with Gasteiger partial charge in [0.2, 0.25) is 0 Å². The zero-order valence-corrected chi connectivity index (χ0v) is 18.1. The van der Waals surface area contributed by atoms with E-state index in [0.29, 0.717) is 38.8 Å². The Labute approximate surface area is 165 Å². The van der Waals surface area contributed by atoms with Gasteiger partial charge >= 0.3 is 0 Å². The highest BCUT2D eigenvalue weighted by atomic mass is 16.7. The van der Waals surface area contributed by atoms with Crippen LogP contribution in [-0.2, 0) is 19.4 Å². The van der Waals surface area contributed by atoms with Crippen LogP contribution in [0.25, 0.3) is 0 Å². The van der Waals surface area contributed by atoms with Crippen molar-refractivity contribution in [3.63, 3.8) is 0 Å². The molecule has 2 aliphatic heterocycles. The third-order valence-electron chi connectivity index (χ3n) is 7.18. The summed E-state index contributed by atoms with van der Waals surface area (Å²) < 4.78 is 19.1. The topological polar surface area (TPSA) is 50.8 Å². The number of nitrogens with zero attached hydrogens (tertiary/aromatic N) is 1. The Morgan fingerprint density at radius 2 is 1.56 bits per heavy atom. The van der Waals surface area contributed by atoms with Crippen molar-refractivity contribution in [3.8, 4) is 0 Å². The summed E-state index contributed by atoms with van der Waals surface area (Å²) >= 11 is 0. The van der Waals surface area contributed by atoms with Crippen LogP contribution in [0, 0.1) is 5.41 Å². The zero-order valence-electron chi connectivity index (χ0n) is 18.1. The molecule has 1 radical (unpaired) electrons. The van der Waals surface area contributed by atoms with Gasteiger partial charge in [0, 0.05) is 23.8 Å². The van der Waals surface area contributed by atoms with Crippen molar-refractivity contribution >= 4 is 0 Å². The summed E-state index contributed by atoms with van der Waals surface area (Å²) in [5.41, 5.74) is -1.01. The monoisotopic (exact) mass is 382 g/mol. The summed E-state index contributed by atoms with van der Waals surface area (Å²) in [7, 11) is 0. The van der Waals surface area contributed by atoms with E-state index in [1.54, 1.807) is 0 Å². The van der Waals surface area contributed by atoms with E-state index in [0.717, 1.165) is 12.8 Å². The quantitative estimate of drug-likeness (QED) is 0.681. The second-order valence-corrected chi connectivity index (χ2v) is 10.3. The summed E-state index contributed by atoms with van der Waals surface area (Å²) in [4.78, 5) is 0. The van der Waals surface area contributed by atoms with Gasteiger partial charge in [-0.2, -0.15) is 0 Å². The Kier molecular flexibility index (Phi) is 6.30. The lowest BCUT2D eigenvalue weighted by Gasteiger charge is -2.58. The molecular weight excluding hydrogens is 342 g/mol. The van der Waals surface area contributed by atoms with Crippen LogP contribution in [0.1, 0.15) is 92.4 Å². The van der Waals surface area contributed by atoms with Crippen LogP contribution in [0.15, 0.2) is 0 Å². The van der Waals surface area contributed by atoms with Crippen molar-refractivity contribution in [1.82, 2.24) is 5.06 Å². The molecule has 3 rings (SSSR count). The molecule has 5 nitrogen and oxygen atoms in total. The molecule has 27 heavy (non-hydrogen) atoms. The highest BCUT2D eigenvalue weighted by molar-refractivity contribution is 5.05. The summed E-state index contributed by atoms with van der Waals surface area (Å²) in [6.45, 7) is 12.4. The first-order chi connectivity index (χ1) is 12.7. The number of hydrogen-bond donors (Lipinski definition) is 0. The summed E-state index contributed by atoms with van der Waals surface area (Å²) in [6, 6.07) is 0. The van der Waals surface area contributed by atoms with E-state index in [1.165, 1.54) is 37.2 Å². The number of ether oxygens (including phenoxy) is 3. The van der Waals surface area contributed by atoms with Gasteiger partial charge in [0.05, 0.1) is 31.5 Å². The summed E-state index contributed by atoms with van der Waals surface area (Å²) in [5, 5.41) is 14.4. The molecule has 0 aromatic rings. The normalized spacial score (nSPS) is 37.6. The van der Waals surface area contributed by atoms with E-state index >= 15 is 0 Å². The van der Waals surface area contributed by atoms with Gasteiger partial charge in [-0.25, -0.2) is 0 Å². The number of piperidine rings is 1. The predicted octanol–water partition coefficient (Wildman–Crippen LogP) is 4.86. The van der Waals surface area contributed by atoms with Crippen molar-refractivity contribution < 1.29 is 19.4 Å². The van der Waals surface area contributed by atoms with Crippen molar-refractivity contribution in [1.29, 1.82) is 0 Å². The predicted molar refractivity (Wildman–Crippen MR) is 105 cm³/mol. The molecule has 0 aromatic heterocycles. The number of rotatable bonds is 5. The van der Waals surface area contributed by atoms with E-state index in [-0.39, 0.29) is 5.41 Å². The Hall–Kier alpha value is -0.200. The molecule has 0 bridgehead atoms. The fourth-order valence-corrected chi connectivity index (χ4v) is 5.33. The van der Waals surface area contributed by atoms with Crippen molar-refractivity contribution in [2.75, 3.05) is 19.8 Å². The van der Waals surface area contributed by atoms with Gasteiger partial charge in [-0.05, 0) is 39.5 Å². The molecule has 2 saturated heterocycles. The van der Waals surface area contributed by atoms with Gasteiger partial charge in [-0.3, -0.25) is 0 Å². The van der Waals surface area contributed by atoms with Crippen LogP contribution >= 0.6 is 0 Å². The van der Waals surface area contributed by atoms with Gasteiger partial charge in [0.1, 0.15) is 0 Å². The molecule has 157 valence electrons. The zero-order chi connectivity index (χ0) is 19.8. The van der Waals surface area contributed by atoms with Crippen molar-refractivity contribution in [2.24, 2.45) is 5.41 Å². The van der Waals surface area contributed by atoms with Gasteiger partial charge < -0.3 is 14.2 Å². The standard InChI is InChI=1S/C22H40NO4/c1-6-21(7-2)14-22(13-19(3,4)23(21)24)26-16-20(5,17-27-22)15-25-18-11-9-8-10-12-18/h18H,6-17H2,1-5H3. The highest BCUT2D eigenvalue weighted by Crippen LogP contribution is 2.50. The van der Waals surface area contributed by atoms with Crippen molar-refractivity contribution in [2.45, 2.75) is 115 Å². The largest absolute Gasteiger partial charge is 0.377 e. The van der Waals surface area contributed by atoms with Gasteiger partial charge in [0.15, 0.2) is 5.79 Å². The summed E-state index contributed by atoms with van der Waals surface area (Å²) in [5.74, 6) is -0.638. The van der Waals surface area contributed by atoms with E-state index in [9.17, 15) is 5.21 Å². The third kappa shape index (κ3) is 4.37. The minimum Gasteiger partial charge on any atom is -0.377 e. The maximum atomic E-state index is 13.0. The Morgan fingerprint density at radius 1 is 0.963 bits per heavy atom. The smallest absolute Gasteiger partial charge is 0.172 e. The molecule has 1 spiro atoms. The second-order valence-electron chi connectivity index (χ2n) is 10.3. The van der Waals surface area contributed by atoms with Crippen LogP contribution in [-0.4, -0.2) is 47.9 Å². The molecule has 5 heteroatoms. The minimum absolute atomic E-state index is 0.109. The fourth-order valence-electron chi connectivity index (χ4n) is 5.33. The van der Waals surface area contributed by atoms with Crippen LogP contribution in [0.2, 0.25) is 0 Å². The molecular formula is C22H40NO4. The fraction of sp³-hybridized carbons (Fsp3) is 1.00. The van der Waals surface area contributed by atoms with Gasteiger partial charge in [-0.1, -0.05) is 40.0 Å². The van der Waals surface area contributed by atoms with Crippen LogP contribution < -0.4 is 0 Å². The van der Waals surface area contributed by atoms with Crippen LogP contribution in [0.5, 0.6) is 0 Å². The van der Waals surface area contributed by atoms with E-state index in [2.05, 4.69) is 20.8 Å². The Morgan fingerprint density at radius 3 is 2.11 bits per heavy atom. The van der Waals surface area contributed by atoms with E-state index < -0.39 is 16.9 Å². The van der Waals surface area contributed by atoms with Gasteiger partial charge in [0.25, 0.3) is 0 Å². The van der Waals surface area contributed by atoms with Gasteiger partial charge in [-0.15, -0.1) is 10.3 Å². The second kappa shape index (κ2) is 7.91. The first-order valence-corrected chi connectivity index (χ1v) is 11.1. The maximum absolute atomic E-state index is 13.0. The number of hydrogen-bond acceptors (Lipinski definition) is 4. The Bertz CT molecular complexity index is 489. The highest BCUT2D eigenvalue weighted by Gasteiger charge is 2.59. The molecule has 2 heterocycles. The lowest BCUT2D eigenvalue weighted by atomic mass is 9.73. The van der Waals surface area contributed by atoms with E-state index in [4.69, 9.17) is 14.2 Å². The molecule has 0 N–H and O–H groups in total. The van der Waals surface area contributed by atoms with E-state index in [1.807, 2.05) is 13.8 Å². The van der Waals surface area contributed by atoms with Crippen LogP contribution in [0.3, 0.4) is 0 Å². The average Bonchev–Trinajstić information content (AvgIpc) is 2.67. The first kappa shape index (κ1) is 21.5. The van der Waals surface area contributed by atoms with Crippen molar-refractivity contribution in [3.05, 3.63) is 0 Å². The molecule has 0 atom stereocenters.